The van der Waals surface area contributed by atoms with Gasteiger partial charge in [0, 0.05) is 12.7 Å². The molecule has 84 valence electrons. The largest absolute Gasteiger partial charge is 0.463 e. The van der Waals surface area contributed by atoms with Gasteiger partial charge in [-0.2, -0.15) is 0 Å². The maximum Gasteiger partial charge on any atom is 0.347 e. The van der Waals surface area contributed by atoms with Crippen LogP contribution in [0.15, 0.2) is 30.3 Å². The predicted octanol–water partition coefficient (Wildman–Crippen LogP) is 1.62. The standard InChI is InChI=1S/C13H14O3/c1-3-16-13(14)12(15-2)10-9-11-7-5-4-6-8-11/h4-8,12H,3H2,1-2H3. The average Bonchev–Trinajstić information content (AvgIpc) is 2.31. The molecule has 0 aliphatic heterocycles. The van der Waals surface area contributed by atoms with Crippen molar-refractivity contribution in [3.8, 4) is 11.8 Å². The molecule has 1 rings (SSSR count). The molecule has 3 heteroatoms. The van der Waals surface area contributed by atoms with Crippen LogP contribution < -0.4 is 0 Å². The Bertz CT molecular complexity index is 387. The second-order valence-electron chi connectivity index (χ2n) is 3.00. The van der Waals surface area contributed by atoms with E-state index in [9.17, 15) is 4.79 Å². The van der Waals surface area contributed by atoms with E-state index in [1.54, 1.807) is 6.92 Å². The average molecular weight is 218 g/mol. The molecule has 16 heavy (non-hydrogen) atoms. The summed E-state index contributed by atoms with van der Waals surface area (Å²) in [6.45, 7) is 2.07. The molecule has 1 atom stereocenters. The van der Waals surface area contributed by atoms with Crippen molar-refractivity contribution >= 4 is 5.97 Å². The minimum Gasteiger partial charge on any atom is -0.463 e. The highest BCUT2D eigenvalue weighted by molar-refractivity contribution is 5.78. The molecule has 3 nitrogen and oxygen atoms in total. The molecule has 0 heterocycles. The number of hydrogen-bond acceptors (Lipinski definition) is 3. The van der Waals surface area contributed by atoms with Crippen LogP contribution in [0.3, 0.4) is 0 Å². The van der Waals surface area contributed by atoms with Crippen LogP contribution in [0.25, 0.3) is 0 Å². The highest BCUT2D eigenvalue weighted by atomic mass is 16.6. The zero-order valence-corrected chi connectivity index (χ0v) is 9.40. The Morgan fingerprint density at radius 2 is 2.06 bits per heavy atom. The van der Waals surface area contributed by atoms with Gasteiger partial charge in [0.05, 0.1) is 6.61 Å². The fraction of sp³-hybridized carbons (Fsp3) is 0.308. The number of methoxy groups -OCH3 is 1. The molecule has 0 fully saturated rings. The van der Waals surface area contributed by atoms with E-state index in [1.807, 2.05) is 30.3 Å². The molecule has 0 bridgehead atoms. The molecule has 0 aromatic heterocycles. The summed E-state index contributed by atoms with van der Waals surface area (Å²) in [5, 5.41) is 0. The van der Waals surface area contributed by atoms with Gasteiger partial charge in [0.15, 0.2) is 0 Å². The first kappa shape index (κ1) is 12.3. The number of ether oxygens (including phenoxy) is 2. The van der Waals surface area contributed by atoms with E-state index in [0.29, 0.717) is 6.61 Å². The summed E-state index contributed by atoms with van der Waals surface area (Å²) < 4.78 is 9.76. The van der Waals surface area contributed by atoms with E-state index in [0.717, 1.165) is 5.56 Å². The summed E-state index contributed by atoms with van der Waals surface area (Å²) in [5.74, 6) is 5.13. The van der Waals surface area contributed by atoms with Gasteiger partial charge >= 0.3 is 5.97 Å². The van der Waals surface area contributed by atoms with Crippen LogP contribution in [-0.4, -0.2) is 25.8 Å². The minimum absolute atomic E-state index is 0.325. The van der Waals surface area contributed by atoms with Crippen LogP contribution in [0.2, 0.25) is 0 Å². The van der Waals surface area contributed by atoms with Crippen LogP contribution in [-0.2, 0) is 14.3 Å². The van der Waals surface area contributed by atoms with Gasteiger partial charge in [0.1, 0.15) is 0 Å². The molecule has 0 spiro atoms. The molecule has 0 saturated heterocycles. The molecular weight excluding hydrogens is 204 g/mol. The van der Waals surface area contributed by atoms with Crippen molar-refractivity contribution in [2.24, 2.45) is 0 Å². The van der Waals surface area contributed by atoms with E-state index < -0.39 is 12.1 Å². The molecule has 1 aromatic carbocycles. The Hall–Kier alpha value is -1.79. The third kappa shape index (κ3) is 3.76. The molecule has 0 N–H and O–H groups in total. The molecule has 1 aromatic rings. The van der Waals surface area contributed by atoms with Crippen molar-refractivity contribution in [1.29, 1.82) is 0 Å². The molecule has 1 unspecified atom stereocenters. The monoisotopic (exact) mass is 218 g/mol. The Morgan fingerprint density at radius 1 is 1.38 bits per heavy atom. The smallest absolute Gasteiger partial charge is 0.347 e. The second kappa shape index (κ2) is 6.65. The first-order chi connectivity index (χ1) is 7.77. The summed E-state index contributed by atoms with van der Waals surface area (Å²) in [6.07, 6.45) is -0.819. The van der Waals surface area contributed by atoms with E-state index in [2.05, 4.69) is 11.8 Å². The first-order valence-electron chi connectivity index (χ1n) is 5.04. The Kier molecular flexibility index (Phi) is 5.10. The van der Waals surface area contributed by atoms with E-state index in [-0.39, 0.29) is 0 Å². The number of esters is 1. The van der Waals surface area contributed by atoms with Gasteiger partial charge in [-0.3, -0.25) is 0 Å². The van der Waals surface area contributed by atoms with Crippen LogP contribution in [0.4, 0.5) is 0 Å². The lowest BCUT2D eigenvalue weighted by molar-refractivity contribution is -0.151. The lowest BCUT2D eigenvalue weighted by Crippen LogP contribution is -2.23. The summed E-state index contributed by atoms with van der Waals surface area (Å²) in [6, 6.07) is 9.41. The van der Waals surface area contributed by atoms with E-state index >= 15 is 0 Å². The van der Waals surface area contributed by atoms with Crippen molar-refractivity contribution < 1.29 is 14.3 Å². The van der Waals surface area contributed by atoms with Gasteiger partial charge in [-0.05, 0) is 19.1 Å². The third-order valence-corrected chi connectivity index (χ3v) is 1.86. The zero-order chi connectivity index (χ0) is 11.8. The second-order valence-corrected chi connectivity index (χ2v) is 3.00. The third-order valence-electron chi connectivity index (χ3n) is 1.86. The molecular formula is C13H14O3. The van der Waals surface area contributed by atoms with Gasteiger partial charge in [-0.1, -0.05) is 30.0 Å². The summed E-state index contributed by atoms with van der Waals surface area (Å²) in [4.78, 5) is 11.3. The molecule has 0 aliphatic rings. The van der Waals surface area contributed by atoms with Crippen molar-refractivity contribution in [3.05, 3.63) is 35.9 Å². The highest BCUT2D eigenvalue weighted by Crippen LogP contribution is 1.97. The summed E-state index contributed by atoms with van der Waals surface area (Å²) in [7, 11) is 1.43. The van der Waals surface area contributed by atoms with Crippen LogP contribution in [0.1, 0.15) is 12.5 Å². The number of hydrogen-bond donors (Lipinski definition) is 0. The molecule has 0 amide bonds. The molecule has 0 radical (unpaired) electrons. The SMILES string of the molecule is CCOC(=O)C(C#Cc1ccccc1)OC. The fourth-order valence-electron chi connectivity index (χ4n) is 1.10. The topological polar surface area (TPSA) is 35.5 Å². The fourth-order valence-corrected chi connectivity index (χ4v) is 1.10. The van der Waals surface area contributed by atoms with Crippen molar-refractivity contribution in [3.63, 3.8) is 0 Å². The number of carbonyl (C=O) groups excluding carboxylic acids is 1. The maximum atomic E-state index is 11.3. The van der Waals surface area contributed by atoms with Crippen molar-refractivity contribution in [2.75, 3.05) is 13.7 Å². The normalized spacial score (nSPS) is 11.1. The number of benzene rings is 1. The Balaban J connectivity index is 2.70. The van der Waals surface area contributed by atoms with Crippen LogP contribution >= 0.6 is 0 Å². The quantitative estimate of drug-likeness (QED) is 0.571. The predicted molar refractivity (Wildman–Crippen MR) is 60.8 cm³/mol. The zero-order valence-electron chi connectivity index (χ0n) is 9.40. The van der Waals surface area contributed by atoms with Gasteiger partial charge in [-0.25, -0.2) is 4.79 Å². The number of rotatable bonds is 3. The highest BCUT2D eigenvalue weighted by Gasteiger charge is 2.15. The van der Waals surface area contributed by atoms with Crippen molar-refractivity contribution in [2.45, 2.75) is 13.0 Å². The van der Waals surface area contributed by atoms with Gasteiger partial charge in [0.25, 0.3) is 0 Å². The minimum atomic E-state index is -0.819. The van der Waals surface area contributed by atoms with E-state index in [1.165, 1.54) is 7.11 Å². The van der Waals surface area contributed by atoms with Crippen LogP contribution in [0.5, 0.6) is 0 Å². The maximum absolute atomic E-state index is 11.3. The lowest BCUT2D eigenvalue weighted by Gasteiger charge is -2.06. The summed E-state index contributed by atoms with van der Waals surface area (Å²) >= 11 is 0. The van der Waals surface area contributed by atoms with Crippen LogP contribution in [0, 0.1) is 11.8 Å². The van der Waals surface area contributed by atoms with Gasteiger partial charge < -0.3 is 9.47 Å². The van der Waals surface area contributed by atoms with E-state index in [4.69, 9.17) is 9.47 Å². The lowest BCUT2D eigenvalue weighted by atomic mass is 10.2. The van der Waals surface area contributed by atoms with Gasteiger partial charge in [-0.15, -0.1) is 0 Å². The van der Waals surface area contributed by atoms with Crippen molar-refractivity contribution in [1.82, 2.24) is 0 Å². The molecule has 0 aliphatic carbocycles. The molecule has 0 saturated carbocycles. The Labute approximate surface area is 95.4 Å². The Morgan fingerprint density at radius 3 is 2.62 bits per heavy atom. The first-order valence-corrected chi connectivity index (χ1v) is 5.04. The number of carbonyl (C=O) groups is 1. The summed E-state index contributed by atoms with van der Waals surface area (Å²) in [5.41, 5.74) is 0.842. The van der Waals surface area contributed by atoms with Gasteiger partial charge in [0.2, 0.25) is 6.10 Å².